The zero-order chi connectivity index (χ0) is 9.07. The van der Waals surface area contributed by atoms with E-state index in [0.29, 0.717) is 0 Å². The van der Waals surface area contributed by atoms with Gasteiger partial charge in [-0.15, -0.1) is 0 Å². The molecule has 0 rings (SSSR count). The Balaban J connectivity index is 4.30. The minimum Gasteiger partial charge on any atom is -0.234 e. The molecule has 0 aliphatic rings. The predicted octanol–water partition coefficient (Wildman–Crippen LogP) is 2.32. The molecule has 0 N–H and O–H groups in total. The summed E-state index contributed by atoms with van der Waals surface area (Å²) in [5.41, 5.74) is 0.957. The van der Waals surface area contributed by atoms with E-state index in [9.17, 15) is 4.21 Å². The van der Waals surface area contributed by atoms with Gasteiger partial charge >= 0.3 is 0 Å². The van der Waals surface area contributed by atoms with Gasteiger partial charge < -0.3 is 0 Å². The van der Waals surface area contributed by atoms with Gasteiger partial charge in [-0.1, -0.05) is 6.92 Å². The van der Waals surface area contributed by atoms with Crippen LogP contribution in [0.15, 0.2) is 4.40 Å². The van der Waals surface area contributed by atoms with Gasteiger partial charge in [-0.25, -0.2) is 4.21 Å². The fourth-order valence-corrected chi connectivity index (χ4v) is 1.03. The molecule has 3 heteroatoms. The van der Waals surface area contributed by atoms with Gasteiger partial charge in [0.1, 0.15) is 11.0 Å². The molecule has 0 saturated heterocycles. The van der Waals surface area contributed by atoms with Gasteiger partial charge in [0.2, 0.25) is 0 Å². The summed E-state index contributed by atoms with van der Waals surface area (Å²) in [5, 5.41) is 0. The molecule has 11 heavy (non-hydrogen) atoms. The highest BCUT2D eigenvalue weighted by atomic mass is 32.2. The molecule has 0 aromatic heterocycles. The van der Waals surface area contributed by atoms with E-state index in [2.05, 4.69) is 4.40 Å². The Kier molecular flexibility index (Phi) is 3.93. The Morgan fingerprint density at radius 2 is 1.91 bits per heavy atom. The Hall–Kier alpha value is -0.180. The van der Waals surface area contributed by atoms with Crippen LogP contribution in [0.2, 0.25) is 0 Å². The van der Waals surface area contributed by atoms with E-state index >= 15 is 0 Å². The minimum atomic E-state index is -1.08. The first-order valence-corrected chi connectivity index (χ1v) is 4.94. The van der Waals surface area contributed by atoms with Crippen molar-refractivity contribution < 1.29 is 4.21 Å². The molecule has 0 unspecified atom stereocenters. The van der Waals surface area contributed by atoms with Crippen molar-refractivity contribution >= 4 is 16.7 Å². The molecule has 0 radical (unpaired) electrons. The van der Waals surface area contributed by atoms with E-state index in [1.54, 1.807) is 0 Å². The van der Waals surface area contributed by atoms with Crippen molar-refractivity contribution in [3.05, 3.63) is 0 Å². The fourth-order valence-electron chi connectivity index (χ4n) is 0.343. The summed E-state index contributed by atoms with van der Waals surface area (Å²) in [7, 11) is -1.08. The second kappa shape index (κ2) is 4.00. The van der Waals surface area contributed by atoms with E-state index < -0.39 is 11.0 Å². The maximum atomic E-state index is 11.4. The van der Waals surface area contributed by atoms with Crippen molar-refractivity contribution in [2.24, 2.45) is 4.40 Å². The van der Waals surface area contributed by atoms with Gasteiger partial charge in [-0.3, -0.25) is 0 Å². The van der Waals surface area contributed by atoms with Crippen LogP contribution in [0.3, 0.4) is 0 Å². The predicted molar refractivity (Wildman–Crippen MR) is 51.3 cm³/mol. The van der Waals surface area contributed by atoms with Crippen molar-refractivity contribution in [3.8, 4) is 0 Å². The molecule has 0 spiro atoms. The van der Waals surface area contributed by atoms with Crippen molar-refractivity contribution in [2.75, 3.05) is 0 Å². The molecule has 0 heterocycles. The number of hydrogen-bond acceptors (Lipinski definition) is 1. The molecule has 0 aromatic rings. The van der Waals surface area contributed by atoms with E-state index in [0.717, 1.165) is 12.1 Å². The highest BCUT2D eigenvalue weighted by Crippen LogP contribution is 2.12. The largest absolute Gasteiger partial charge is 0.234 e. The molecule has 0 bridgehead atoms. The SMILES string of the molecule is CC/C(C)=N/[S@](=O)C(C)(C)C. The summed E-state index contributed by atoms with van der Waals surface area (Å²) >= 11 is 0. The van der Waals surface area contributed by atoms with Crippen LogP contribution in [0, 0.1) is 0 Å². The molecular weight excluding hydrogens is 158 g/mol. The third-order valence-electron chi connectivity index (χ3n) is 1.27. The van der Waals surface area contributed by atoms with Gasteiger partial charge in [0, 0.05) is 5.71 Å². The lowest BCUT2D eigenvalue weighted by atomic mass is 10.3. The van der Waals surface area contributed by atoms with Gasteiger partial charge in [0.05, 0.1) is 4.75 Å². The maximum Gasteiger partial charge on any atom is 0.144 e. The molecule has 0 aliphatic carbocycles. The lowest BCUT2D eigenvalue weighted by Gasteiger charge is -2.13. The topological polar surface area (TPSA) is 29.4 Å². The van der Waals surface area contributed by atoms with Crippen molar-refractivity contribution in [3.63, 3.8) is 0 Å². The molecule has 0 aliphatic heterocycles. The summed E-state index contributed by atoms with van der Waals surface area (Å²) in [6.07, 6.45) is 0.877. The summed E-state index contributed by atoms with van der Waals surface area (Å²) in [6.45, 7) is 9.70. The van der Waals surface area contributed by atoms with Crippen LogP contribution in [-0.4, -0.2) is 14.7 Å². The van der Waals surface area contributed by atoms with E-state index in [1.165, 1.54) is 0 Å². The van der Waals surface area contributed by atoms with Crippen LogP contribution >= 0.6 is 0 Å². The van der Waals surface area contributed by atoms with Crippen LogP contribution in [0.1, 0.15) is 41.0 Å². The standard InChI is InChI=1S/C8H17NOS/c1-6-7(2)9-11(10)8(3,4)5/h6H2,1-5H3/b9-7+/t11-/m1/s1. The van der Waals surface area contributed by atoms with Gasteiger partial charge in [-0.2, -0.15) is 4.40 Å². The Bertz CT molecular complexity index is 179. The minimum absolute atomic E-state index is 0.226. The normalized spacial score (nSPS) is 16.6. The third kappa shape index (κ3) is 4.30. The summed E-state index contributed by atoms with van der Waals surface area (Å²) < 4.78 is 15.2. The smallest absolute Gasteiger partial charge is 0.144 e. The monoisotopic (exact) mass is 175 g/mol. The molecule has 0 saturated carbocycles. The number of rotatable bonds is 2. The van der Waals surface area contributed by atoms with Crippen LogP contribution in [-0.2, 0) is 11.0 Å². The van der Waals surface area contributed by atoms with Gasteiger partial charge in [0.25, 0.3) is 0 Å². The zero-order valence-corrected chi connectivity index (χ0v) is 8.79. The first-order valence-electron chi connectivity index (χ1n) is 3.84. The number of nitrogens with zero attached hydrogens (tertiary/aromatic N) is 1. The second-order valence-electron chi connectivity index (χ2n) is 3.54. The molecule has 66 valence electrons. The average molecular weight is 175 g/mol. The lowest BCUT2D eigenvalue weighted by molar-refractivity contribution is 0.650. The Morgan fingerprint density at radius 1 is 1.45 bits per heavy atom. The molecule has 0 aromatic carbocycles. The van der Waals surface area contributed by atoms with Crippen LogP contribution < -0.4 is 0 Å². The van der Waals surface area contributed by atoms with Gasteiger partial charge in [-0.05, 0) is 34.1 Å². The van der Waals surface area contributed by atoms with Crippen molar-refractivity contribution in [1.82, 2.24) is 0 Å². The summed E-state index contributed by atoms with van der Waals surface area (Å²) in [4.78, 5) is 0. The van der Waals surface area contributed by atoms with Crippen LogP contribution in [0.5, 0.6) is 0 Å². The van der Waals surface area contributed by atoms with E-state index in [-0.39, 0.29) is 4.75 Å². The zero-order valence-electron chi connectivity index (χ0n) is 7.97. The molecule has 0 amide bonds. The van der Waals surface area contributed by atoms with E-state index in [1.807, 2.05) is 34.6 Å². The number of hydrogen-bond donors (Lipinski definition) is 0. The summed E-state index contributed by atoms with van der Waals surface area (Å²) in [6, 6.07) is 0. The quantitative estimate of drug-likeness (QED) is 0.592. The summed E-state index contributed by atoms with van der Waals surface area (Å²) in [5.74, 6) is 0. The highest BCUT2D eigenvalue weighted by molar-refractivity contribution is 7.85. The average Bonchev–Trinajstić information content (AvgIpc) is 1.85. The first-order chi connectivity index (χ1) is 4.88. The Labute approximate surface area is 71.7 Å². The molecule has 1 atom stereocenters. The highest BCUT2D eigenvalue weighted by Gasteiger charge is 2.18. The first kappa shape index (κ1) is 10.8. The van der Waals surface area contributed by atoms with Crippen LogP contribution in [0.4, 0.5) is 0 Å². The molecular formula is C8H17NOS. The second-order valence-corrected chi connectivity index (χ2v) is 5.45. The molecule has 0 fully saturated rings. The maximum absolute atomic E-state index is 11.4. The lowest BCUT2D eigenvalue weighted by Crippen LogP contribution is -2.20. The van der Waals surface area contributed by atoms with Crippen molar-refractivity contribution in [2.45, 2.75) is 45.8 Å². The third-order valence-corrected chi connectivity index (χ3v) is 2.80. The fraction of sp³-hybridized carbons (Fsp3) is 0.875. The Morgan fingerprint density at radius 3 is 2.18 bits per heavy atom. The van der Waals surface area contributed by atoms with Crippen LogP contribution in [0.25, 0.3) is 0 Å². The van der Waals surface area contributed by atoms with Crippen molar-refractivity contribution in [1.29, 1.82) is 0 Å². The van der Waals surface area contributed by atoms with E-state index in [4.69, 9.17) is 0 Å². The van der Waals surface area contributed by atoms with Gasteiger partial charge in [0.15, 0.2) is 0 Å². The molecule has 2 nitrogen and oxygen atoms in total.